The predicted molar refractivity (Wildman–Crippen MR) is 88.9 cm³/mol. The van der Waals surface area contributed by atoms with Crippen molar-refractivity contribution in [2.24, 2.45) is 5.92 Å². The Labute approximate surface area is 129 Å². The topological polar surface area (TPSA) is 24.5 Å². The van der Waals surface area contributed by atoms with Crippen molar-refractivity contribution >= 4 is 0 Å². The third-order valence-electron chi connectivity index (χ3n) is 4.53. The van der Waals surface area contributed by atoms with E-state index in [0.29, 0.717) is 6.04 Å². The molecule has 1 aliphatic heterocycles. The number of hydrogen-bond acceptors (Lipinski definition) is 3. The van der Waals surface area contributed by atoms with Gasteiger partial charge in [0.15, 0.2) is 0 Å². The Hall–Kier alpha value is -1.06. The van der Waals surface area contributed by atoms with Crippen molar-refractivity contribution in [3.8, 4) is 5.75 Å². The van der Waals surface area contributed by atoms with Gasteiger partial charge >= 0.3 is 0 Å². The second kappa shape index (κ2) is 8.40. The Bertz CT molecular complexity index is 396. The van der Waals surface area contributed by atoms with Crippen LogP contribution in [0.25, 0.3) is 0 Å². The minimum absolute atomic E-state index is 0.409. The first-order valence-electron chi connectivity index (χ1n) is 8.33. The van der Waals surface area contributed by atoms with Gasteiger partial charge in [0, 0.05) is 6.04 Å². The molecule has 1 atom stereocenters. The van der Waals surface area contributed by atoms with E-state index < -0.39 is 0 Å². The first-order valence-corrected chi connectivity index (χ1v) is 8.33. The van der Waals surface area contributed by atoms with E-state index in [1.54, 1.807) is 0 Å². The van der Waals surface area contributed by atoms with E-state index in [4.69, 9.17) is 4.74 Å². The van der Waals surface area contributed by atoms with Crippen LogP contribution in [0.4, 0.5) is 0 Å². The number of hydrogen-bond donors (Lipinski definition) is 1. The van der Waals surface area contributed by atoms with Gasteiger partial charge in [-0.15, -0.1) is 0 Å². The summed E-state index contributed by atoms with van der Waals surface area (Å²) in [6, 6.07) is 8.87. The maximum absolute atomic E-state index is 5.49. The van der Waals surface area contributed by atoms with Gasteiger partial charge in [-0.3, -0.25) is 0 Å². The number of piperidine rings is 1. The van der Waals surface area contributed by atoms with Crippen molar-refractivity contribution in [2.45, 2.75) is 39.2 Å². The zero-order valence-corrected chi connectivity index (χ0v) is 13.8. The molecule has 1 aromatic carbocycles. The second-order valence-corrected chi connectivity index (χ2v) is 6.21. The molecule has 0 amide bonds. The number of nitrogens with zero attached hydrogens (tertiary/aromatic N) is 1. The molecule has 1 aliphatic rings. The fraction of sp³-hybridized carbons (Fsp3) is 0.667. The van der Waals surface area contributed by atoms with Crippen molar-refractivity contribution in [3.63, 3.8) is 0 Å². The third-order valence-corrected chi connectivity index (χ3v) is 4.53. The first-order chi connectivity index (χ1) is 10.2. The lowest BCUT2D eigenvalue weighted by atomic mass is 9.93. The highest BCUT2D eigenvalue weighted by molar-refractivity contribution is 5.28. The van der Waals surface area contributed by atoms with Crippen LogP contribution in [0.15, 0.2) is 24.3 Å². The molecule has 2 rings (SSSR count). The van der Waals surface area contributed by atoms with Gasteiger partial charge in [-0.25, -0.2) is 0 Å². The van der Waals surface area contributed by atoms with Crippen LogP contribution in [0.1, 0.15) is 44.7 Å². The zero-order valence-electron chi connectivity index (χ0n) is 13.8. The lowest BCUT2D eigenvalue weighted by Crippen LogP contribution is -2.32. The highest BCUT2D eigenvalue weighted by atomic mass is 16.5. The lowest BCUT2D eigenvalue weighted by Gasteiger charge is -2.29. The zero-order chi connectivity index (χ0) is 15.1. The molecule has 1 saturated heterocycles. The molecule has 1 unspecified atom stereocenters. The summed E-state index contributed by atoms with van der Waals surface area (Å²) < 4.78 is 5.49. The van der Waals surface area contributed by atoms with Crippen LogP contribution in [0.5, 0.6) is 5.75 Å². The Kier molecular flexibility index (Phi) is 6.52. The van der Waals surface area contributed by atoms with Crippen LogP contribution in [0, 0.1) is 5.92 Å². The van der Waals surface area contributed by atoms with Crippen LogP contribution in [-0.4, -0.2) is 38.2 Å². The molecule has 0 aliphatic carbocycles. The van der Waals surface area contributed by atoms with Gasteiger partial charge in [0.1, 0.15) is 5.75 Å². The standard InChI is InChI=1S/C18H30N2O/c1-4-21-18-7-5-17(6-8-18)15(2)19-12-9-16-10-13-20(3)14-11-16/h5-8,15-16,19H,4,9-14H2,1-3H3. The second-order valence-electron chi connectivity index (χ2n) is 6.21. The molecule has 0 aromatic heterocycles. The van der Waals surface area contributed by atoms with Crippen molar-refractivity contribution in [1.82, 2.24) is 10.2 Å². The third kappa shape index (κ3) is 5.33. The van der Waals surface area contributed by atoms with E-state index in [-0.39, 0.29) is 0 Å². The van der Waals surface area contributed by atoms with Crippen molar-refractivity contribution in [2.75, 3.05) is 33.3 Å². The van der Waals surface area contributed by atoms with Crippen molar-refractivity contribution < 1.29 is 4.74 Å². The average molecular weight is 290 g/mol. The molecule has 0 radical (unpaired) electrons. The fourth-order valence-corrected chi connectivity index (χ4v) is 2.99. The summed E-state index contributed by atoms with van der Waals surface area (Å²) in [6.45, 7) is 8.62. The maximum atomic E-state index is 5.49. The van der Waals surface area contributed by atoms with Gasteiger partial charge in [0.25, 0.3) is 0 Å². The summed E-state index contributed by atoms with van der Waals surface area (Å²) in [5.41, 5.74) is 1.34. The fourth-order valence-electron chi connectivity index (χ4n) is 2.99. The highest BCUT2D eigenvalue weighted by Gasteiger charge is 2.16. The van der Waals surface area contributed by atoms with Crippen LogP contribution in [0.2, 0.25) is 0 Å². The molecule has 1 fully saturated rings. The normalized spacial score (nSPS) is 18.6. The van der Waals surface area contributed by atoms with E-state index >= 15 is 0 Å². The van der Waals surface area contributed by atoms with Crippen LogP contribution < -0.4 is 10.1 Å². The minimum Gasteiger partial charge on any atom is -0.494 e. The highest BCUT2D eigenvalue weighted by Crippen LogP contribution is 2.20. The Morgan fingerprint density at radius 3 is 2.52 bits per heavy atom. The van der Waals surface area contributed by atoms with Crippen LogP contribution in [-0.2, 0) is 0 Å². The van der Waals surface area contributed by atoms with Gasteiger partial charge in [-0.1, -0.05) is 12.1 Å². The summed E-state index contributed by atoms with van der Waals surface area (Å²) in [6.07, 6.45) is 4.01. The summed E-state index contributed by atoms with van der Waals surface area (Å²) in [5, 5.41) is 3.65. The van der Waals surface area contributed by atoms with E-state index in [2.05, 4.69) is 48.5 Å². The van der Waals surface area contributed by atoms with Crippen molar-refractivity contribution in [1.29, 1.82) is 0 Å². The molecule has 21 heavy (non-hydrogen) atoms. The Morgan fingerprint density at radius 2 is 1.90 bits per heavy atom. The number of likely N-dealkylation sites (tertiary alicyclic amines) is 1. The molecule has 1 N–H and O–H groups in total. The molecule has 0 bridgehead atoms. The molecule has 1 aromatic rings. The van der Waals surface area contributed by atoms with Gasteiger partial charge in [0.05, 0.1) is 6.61 Å². The summed E-state index contributed by atoms with van der Waals surface area (Å²) in [7, 11) is 2.22. The smallest absolute Gasteiger partial charge is 0.119 e. The molecule has 0 spiro atoms. The molecular formula is C18H30N2O. The average Bonchev–Trinajstić information content (AvgIpc) is 2.50. The summed E-state index contributed by atoms with van der Waals surface area (Å²) >= 11 is 0. The molecule has 3 nitrogen and oxygen atoms in total. The predicted octanol–water partition coefficient (Wildman–Crippen LogP) is 3.47. The molecular weight excluding hydrogens is 260 g/mol. The molecule has 0 saturated carbocycles. The number of nitrogens with one attached hydrogen (secondary N) is 1. The van der Waals surface area contributed by atoms with Gasteiger partial charge in [-0.2, -0.15) is 0 Å². The lowest BCUT2D eigenvalue weighted by molar-refractivity contribution is 0.211. The number of rotatable bonds is 7. The minimum atomic E-state index is 0.409. The monoisotopic (exact) mass is 290 g/mol. The molecule has 3 heteroatoms. The van der Waals surface area contributed by atoms with E-state index in [0.717, 1.165) is 24.8 Å². The SMILES string of the molecule is CCOc1ccc(C(C)NCCC2CCN(C)CC2)cc1. The van der Waals surface area contributed by atoms with Gasteiger partial charge < -0.3 is 15.0 Å². The number of ether oxygens (including phenoxy) is 1. The van der Waals surface area contributed by atoms with Crippen LogP contribution in [0.3, 0.4) is 0 Å². The number of benzene rings is 1. The molecule has 118 valence electrons. The molecule has 1 heterocycles. The largest absolute Gasteiger partial charge is 0.494 e. The summed E-state index contributed by atoms with van der Waals surface area (Å²) in [5.74, 6) is 1.86. The van der Waals surface area contributed by atoms with Gasteiger partial charge in [-0.05, 0) is 83.4 Å². The van der Waals surface area contributed by atoms with Crippen molar-refractivity contribution in [3.05, 3.63) is 29.8 Å². The Morgan fingerprint density at radius 1 is 1.24 bits per heavy atom. The van der Waals surface area contributed by atoms with E-state index in [1.165, 1.54) is 37.9 Å². The first kappa shape index (κ1) is 16.3. The van der Waals surface area contributed by atoms with Crippen LogP contribution >= 0.6 is 0 Å². The van der Waals surface area contributed by atoms with E-state index in [9.17, 15) is 0 Å². The summed E-state index contributed by atoms with van der Waals surface area (Å²) in [4.78, 5) is 2.44. The Balaban J connectivity index is 1.70. The quantitative estimate of drug-likeness (QED) is 0.832. The maximum Gasteiger partial charge on any atom is 0.119 e. The van der Waals surface area contributed by atoms with Gasteiger partial charge in [0.2, 0.25) is 0 Å². The van der Waals surface area contributed by atoms with E-state index in [1.807, 2.05) is 6.92 Å².